The SMILES string of the molecule is O=C1C=C(/C=C/c2cccs2)C[C@@H](c2cccs2)[C@@H]1n1cnc([N+](=O)[O-])n1. The molecule has 0 amide bonds. The molecule has 0 aliphatic heterocycles. The molecule has 0 saturated carbocycles. The van der Waals surface area contributed by atoms with Crippen molar-refractivity contribution in [3.63, 3.8) is 0 Å². The van der Waals surface area contributed by atoms with E-state index in [-0.39, 0.29) is 11.7 Å². The summed E-state index contributed by atoms with van der Waals surface area (Å²) in [5.74, 6) is -0.780. The fourth-order valence-corrected chi connectivity index (χ4v) is 4.62. The predicted molar refractivity (Wildman–Crippen MR) is 104 cm³/mol. The minimum atomic E-state index is -0.658. The number of allylic oxidation sites excluding steroid dienone is 3. The van der Waals surface area contributed by atoms with Crippen molar-refractivity contribution in [2.45, 2.75) is 18.4 Å². The molecule has 3 aromatic heterocycles. The molecule has 0 spiro atoms. The van der Waals surface area contributed by atoms with Gasteiger partial charge < -0.3 is 10.1 Å². The number of carbonyl (C=O) groups excluding carboxylic acids is 1. The van der Waals surface area contributed by atoms with Crippen molar-refractivity contribution in [3.8, 4) is 0 Å². The van der Waals surface area contributed by atoms with Crippen LogP contribution in [0.4, 0.5) is 5.95 Å². The molecule has 0 fully saturated rings. The van der Waals surface area contributed by atoms with Gasteiger partial charge in [0.2, 0.25) is 6.33 Å². The van der Waals surface area contributed by atoms with Crippen molar-refractivity contribution in [1.82, 2.24) is 14.8 Å². The van der Waals surface area contributed by atoms with Gasteiger partial charge in [-0.05, 0) is 52.0 Å². The summed E-state index contributed by atoms with van der Waals surface area (Å²) in [7, 11) is 0. The van der Waals surface area contributed by atoms with Crippen LogP contribution in [0.2, 0.25) is 0 Å². The second-order valence-corrected chi connectivity index (χ2v) is 7.98. The summed E-state index contributed by atoms with van der Waals surface area (Å²) in [4.78, 5) is 29.0. The molecule has 7 nitrogen and oxygen atoms in total. The average molecular weight is 398 g/mol. The van der Waals surface area contributed by atoms with Gasteiger partial charge in [0, 0.05) is 20.8 Å². The fraction of sp³-hybridized carbons (Fsp3) is 0.167. The van der Waals surface area contributed by atoms with Crippen molar-refractivity contribution in [1.29, 1.82) is 0 Å². The molecule has 3 heterocycles. The highest BCUT2D eigenvalue weighted by molar-refractivity contribution is 7.10. The van der Waals surface area contributed by atoms with Crippen LogP contribution in [0, 0.1) is 10.1 Å². The van der Waals surface area contributed by atoms with Gasteiger partial charge in [-0.15, -0.1) is 22.7 Å². The maximum atomic E-state index is 12.9. The summed E-state index contributed by atoms with van der Waals surface area (Å²) in [6, 6.07) is 7.27. The molecule has 0 aromatic carbocycles. The van der Waals surface area contributed by atoms with Gasteiger partial charge in [0.1, 0.15) is 6.04 Å². The Hall–Kier alpha value is -2.91. The first kappa shape index (κ1) is 17.5. The van der Waals surface area contributed by atoms with Crippen molar-refractivity contribution >= 4 is 40.5 Å². The monoisotopic (exact) mass is 398 g/mol. The lowest BCUT2D eigenvalue weighted by Crippen LogP contribution is -2.29. The minimum Gasteiger partial charge on any atom is -0.390 e. The smallest absolute Gasteiger partial charge is 0.390 e. The summed E-state index contributed by atoms with van der Waals surface area (Å²) in [5, 5.41) is 18.8. The standard InChI is InChI=1S/C18H14N4O3S2/c23-15-10-12(5-6-13-3-1-7-26-13)9-14(16-4-2-8-27-16)17(15)21-11-19-18(20-21)22(24)25/h1-8,10-11,14,17H,9H2/b6-5+/t14-,17-/m0/s1. The van der Waals surface area contributed by atoms with Gasteiger partial charge in [0.25, 0.3) is 0 Å². The predicted octanol–water partition coefficient (Wildman–Crippen LogP) is 4.25. The van der Waals surface area contributed by atoms with Gasteiger partial charge in [-0.3, -0.25) is 4.79 Å². The number of ketones is 1. The zero-order valence-electron chi connectivity index (χ0n) is 14.0. The Morgan fingerprint density at radius 2 is 2.04 bits per heavy atom. The number of hydrogen-bond acceptors (Lipinski definition) is 7. The minimum absolute atomic E-state index is 0.134. The third-order valence-corrected chi connectivity index (χ3v) is 6.16. The molecule has 3 aromatic rings. The maximum absolute atomic E-state index is 12.9. The third kappa shape index (κ3) is 3.64. The number of hydrogen-bond donors (Lipinski definition) is 0. The second-order valence-electron chi connectivity index (χ2n) is 6.02. The lowest BCUT2D eigenvalue weighted by atomic mass is 9.82. The molecule has 1 aliphatic carbocycles. The normalized spacial score (nSPS) is 20.1. The van der Waals surface area contributed by atoms with Gasteiger partial charge >= 0.3 is 5.95 Å². The number of nitro groups is 1. The molecule has 9 heteroatoms. The summed E-state index contributed by atoms with van der Waals surface area (Å²) in [6.45, 7) is 0. The molecule has 1 aliphatic rings. The topological polar surface area (TPSA) is 90.9 Å². The largest absolute Gasteiger partial charge is 0.490 e. The molecule has 0 bridgehead atoms. The number of aromatic nitrogens is 3. The zero-order chi connectivity index (χ0) is 18.8. The molecule has 2 atom stereocenters. The Bertz CT molecular complexity index is 1020. The van der Waals surface area contributed by atoms with Crippen molar-refractivity contribution < 1.29 is 9.72 Å². The molecule has 136 valence electrons. The van der Waals surface area contributed by atoms with Crippen LogP contribution in [0.3, 0.4) is 0 Å². The van der Waals surface area contributed by atoms with E-state index in [0.29, 0.717) is 6.42 Å². The van der Waals surface area contributed by atoms with E-state index in [2.05, 4.69) is 10.1 Å². The first-order valence-corrected chi connectivity index (χ1v) is 9.92. The van der Waals surface area contributed by atoms with Crippen molar-refractivity contribution in [2.75, 3.05) is 0 Å². The number of carbonyl (C=O) groups is 1. The summed E-state index contributed by atoms with van der Waals surface area (Å²) < 4.78 is 1.32. The van der Waals surface area contributed by atoms with Crippen LogP contribution in [0.15, 0.2) is 59.1 Å². The first-order chi connectivity index (χ1) is 13.1. The van der Waals surface area contributed by atoms with E-state index in [1.807, 2.05) is 47.2 Å². The Balaban J connectivity index is 1.68. The van der Waals surface area contributed by atoms with Crippen LogP contribution in [0.25, 0.3) is 6.08 Å². The van der Waals surface area contributed by atoms with Crippen LogP contribution < -0.4 is 0 Å². The highest BCUT2D eigenvalue weighted by Gasteiger charge is 2.37. The molecular formula is C18H14N4O3S2. The molecule has 0 unspecified atom stereocenters. The number of rotatable bonds is 5. The van der Waals surface area contributed by atoms with Crippen molar-refractivity contribution in [3.05, 3.63) is 78.9 Å². The van der Waals surface area contributed by atoms with E-state index < -0.39 is 16.9 Å². The Kier molecular flexibility index (Phi) is 4.78. The number of thiophene rings is 2. The maximum Gasteiger partial charge on any atom is 0.490 e. The molecule has 27 heavy (non-hydrogen) atoms. The lowest BCUT2D eigenvalue weighted by Gasteiger charge is -2.27. The number of nitrogens with zero attached hydrogens (tertiary/aromatic N) is 4. The van der Waals surface area contributed by atoms with E-state index in [1.54, 1.807) is 28.7 Å². The summed E-state index contributed by atoms with van der Waals surface area (Å²) in [5.41, 5.74) is 0.928. The first-order valence-electron chi connectivity index (χ1n) is 8.17. The lowest BCUT2D eigenvalue weighted by molar-refractivity contribution is -0.394. The molecule has 0 saturated heterocycles. The van der Waals surface area contributed by atoms with Gasteiger partial charge in [0.15, 0.2) is 5.78 Å². The van der Waals surface area contributed by atoms with Crippen LogP contribution in [0.5, 0.6) is 0 Å². The van der Waals surface area contributed by atoms with Crippen molar-refractivity contribution in [2.24, 2.45) is 0 Å². The van der Waals surface area contributed by atoms with Crippen LogP contribution in [0.1, 0.15) is 28.1 Å². The van der Waals surface area contributed by atoms with Crippen LogP contribution in [-0.2, 0) is 4.79 Å². The quantitative estimate of drug-likeness (QED) is 0.473. The third-order valence-electron chi connectivity index (χ3n) is 4.31. The van der Waals surface area contributed by atoms with Gasteiger partial charge in [-0.25, -0.2) is 0 Å². The highest BCUT2D eigenvalue weighted by Crippen LogP contribution is 2.41. The van der Waals surface area contributed by atoms with E-state index in [9.17, 15) is 14.9 Å². The zero-order valence-corrected chi connectivity index (χ0v) is 15.6. The summed E-state index contributed by atoms with van der Waals surface area (Å²) >= 11 is 3.19. The molecule has 0 N–H and O–H groups in total. The van der Waals surface area contributed by atoms with E-state index >= 15 is 0 Å². The molecule has 0 radical (unpaired) electrons. The van der Waals surface area contributed by atoms with E-state index in [4.69, 9.17) is 0 Å². The van der Waals surface area contributed by atoms with Gasteiger partial charge in [-0.1, -0.05) is 23.2 Å². The van der Waals surface area contributed by atoms with Gasteiger partial charge in [-0.2, -0.15) is 4.68 Å². The van der Waals surface area contributed by atoms with Crippen LogP contribution >= 0.6 is 22.7 Å². The summed E-state index contributed by atoms with van der Waals surface area (Å²) in [6.07, 6.45) is 7.47. The Morgan fingerprint density at radius 1 is 1.22 bits per heavy atom. The average Bonchev–Trinajstić information content (AvgIpc) is 3.41. The van der Waals surface area contributed by atoms with Crippen LogP contribution in [-0.4, -0.2) is 25.5 Å². The van der Waals surface area contributed by atoms with E-state index in [1.165, 1.54) is 11.0 Å². The fourth-order valence-electron chi connectivity index (χ4n) is 3.14. The highest BCUT2D eigenvalue weighted by atomic mass is 32.1. The molecule has 4 rings (SSSR count). The second kappa shape index (κ2) is 7.37. The Morgan fingerprint density at radius 3 is 2.70 bits per heavy atom. The van der Waals surface area contributed by atoms with E-state index in [0.717, 1.165) is 15.3 Å². The molecular weight excluding hydrogens is 384 g/mol. The van der Waals surface area contributed by atoms with Gasteiger partial charge in [0.05, 0.1) is 0 Å². The Labute approximate surface area is 162 Å².